The number of nitrogens with zero attached hydrogens (tertiary/aromatic N) is 1. The second-order valence-electron chi connectivity index (χ2n) is 3.38. The van der Waals surface area contributed by atoms with E-state index in [-0.39, 0.29) is 0 Å². The van der Waals surface area contributed by atoms with Crippen molar-refractivity contribution in [2.75, 3.05) is 5.73 Å². The molecule has 0 aliphatic rings. The summed E-state index contributed by atoms with van der Waals surface area (Å²) in [6.07, 6.45) is 4.20. The molecule has 2 N–H and O–H groups in total. The summed E-state index contributed by atoms with van der Waals surface area (Å²) in [7, 11) is 0. The van der Waals surface area contributed by atoms with Gasteiger partial charge in [-0.05, 0) is 35.7 Å². The third kappa shape index (κ3) is 2.48. The Hall–Kier alpha value is -1.54. The lowest BCUT2D eigenvalue weighted by molar-refractivity contribution is 1.17. The molecular weight excluding hydrogens is 208 g/mol. The molecule has 1 aromatic heterocycles. The summed E-state index contributed by atoms with van der Waals surface area (Å²) in [4.78, 5) is 3.95. The Morgan fingerprint density at radius 1 is 1.27 bits per heavy atom. The molecule has 0 spiro atoms. The van der Waals surface area contributed by atoms with E-state index < -0.39 is 0 Å². The molecule has 0 fully saturated rings. The summed E-state index contributed by atoms with van der Waals surface area (Å²) < 4.78 is 0. The second kappa shape index (κ2) is 4.32. The van der Waals surface area contributed by atoms with Crippen LogP contribution in [0.1, 0.15) is 11.1 Å². The van der Waals surface area contributed by atoms with E-state index in [1.54, 1.807) is 12.4 Å². The molecule has 76 valence electrons. The Labute approximate surface area is 93.7 Å². The summed E-state index contributed by atoms with van der Waals surface area (Å²) >= 11 is 5.91. The summed E-state index contributed by atoms with van der Waals surface area (Å²) in [5, 5.41) is 0.750. The van der Waals surface area contributed by atoms with E-state index in [0.717, 1.165) is 28.3 Å². The first kappa shape index (κ1) is 9.99. The maximum atomic E-state index is 5.91. The highest BCUT2D eigenvalue weighted by Crippen LogP contribution is 2.17. The third-order valence-corrected chi connectivity index (χ3v) is 2.46. The second-order valence-corrected chi connectivity index (χ2v) is 3.82. The maximum Gasteiger partial charge on any atom is 0.0536 e. The van der Waals surface area contributed by atoms with Gasteiger partial charge in [-0.3, -0.25) is 4.98 Å². The Balaban J connectivity index is 2.26. The molecule has 3 heteroatoms. The quantitative estimate of drug-likeness (QED) is 0.842. The molecular formula is C12H11ClN2. The van der Waals surface area contributed by atoms with Gasteiger partial charge in [-0.15, -0.1) is 0 Å². The summed E-state index contributed by atoms with van der Waals surface area (Å²) in [6.45, 7) is 0. The van der Waals surface area contributed by atoms with Crippen molar-refractivity contribution in [1.29, 1.82) is 0 Å². The van der Waals surface area contributed by atoms with Crippen LogP contribution in [0.5, 0.6) is 0 Å². The van der Waals surface area contributed by atoms with Crippen molar-refractivity contribution in [2.45, 2.75) is 6.42 Å². The van der Waals surface area contributed by atoms with E-state index >= 15 is 0 Å². The molecule has 0 amide bonds. The lowest BCUT2D eigenvalue weighted by atomic mass is 10.1. The molecule has 2 rings (SSSR count). The Bertz CT molecular complexity index is 469. The highest BCUT2D eigenvalue weighted by Gasteiger charge is 2.00. The fourth-order valence-corrected chi connectivity index (χ4v) is 1.68. The molecule has 0 aliphatic carbocycles. The zero-order valence-corrected chi connectivity index (χ0v) is 8.91. The van der Waals surface area contributed by atoms with Crippen LogP contribution in [0.4, 0.5) is 5.69 Å². The molecule has 1 heterocycles. The van der Waals surface area contributed by atoms with Crippen molar-refractivity contribution in [3.8, 4) is 0 Å². The van der Waals surface area contributed by atoms with Crippen molar-refractivity contribution in [2.24, 2.45) is 0 Å². The molecule has 0 radical (unpaired) electrons. The lowest BCUT2D eigenvalue weighted by Crippen LogP contribution is -1.96. The van der Waals surface area contributed by atoms with Gasteiger partial charge >= 0.3 is 0 Å². The Morgan fingerprint density at radius 3 is 2.87 bits per heavy atom. The van der Waals surface area contributed by atoms with E-state index in [1.165, 1.54) is 0 Å². The van der Waals surface area contributed by atoms with Crippen molar-refractivity contribution in [3.63, 3.8) is 0 Å². The van der Waals surface area contributed by atoms with E-state index in [4.69, 9.17) is 17.3 Å². The molecule has 0 unspecified atom stereocenters. The first-order valence-corrected chi connectivity index (χ1v) is 5.06. The number of halogens is 1. The first-order valence-electron chi connectivity index (χ1n) is 4.68. The van der Waals surface area contributed by atoms with Crippen molar-refractivity contribution in [1.82, 2.24) is 4.98 Å². The van der Waals surface area contributed by atoms with Crippen LogP contribution in [0.25, 0.3) is 0 Å². The van der Waals surface area contributed by atoms with E-state index in [9.17, 15) is 0 Å². The van der Waals surface area contributed by atoms with Crippen LogP contribution in [0, 0.1) is 0 Å². The third-order valence-electron chi connectivity index (χ3n) is 2.23. The number of pyridine rings is 1. The van der Waals surface area contributed by atoms with Crippen LogP contribution in [0.3, 0.4) is 0 Å². The minimum absolute atomic E-state index is 0.720. The molecule has 0 atom stereocenters. The summed E-state index contributed by atoms with van der Waals surface area (Å²) in [5.74, 6) is 0. The van der Waals surface area contributed by atoms with Gasteiger partial charge in [0, 0.05) is 11.2 Å². The molecule has 0 bridgehead atoms. The standard InChI is InChI=1S/C12H11ClN2/c13-11-3-1-2-9(7-11)6-10-4-5-15-8-12(10)14/h1-5,7-8H,6,14H2. The van der Waals surface area contributed by atoms with E-state index in [1.807, 2.05) is 30.3 Å². The van der Waals surface area contributed by atoms with Crippen LogP contribution in [0.2, 0.25) is 5.02 Å². The zero-order chi connectivity index (χ0) is 10.7. The topological polar surface area (TPSA) is 38.9 Å². The van der Waals surface area contributed by atoms with Crippen molar-refractivity contribution >= 4 is 17.3 Å². The number of nitrogen functional groups attached to an aromatic ring is 1. The fraction of sp³-hybridized carbons (Fsp3) is 0.0833. The monoisotopic (exact) mass is 218 g/mol. The molecule has 0 saturated carbocycles. The van der Waals surface area contributed by atoms with Crippen molar-refractivity contribution in [3.05, 3.63) is 58.9 Å². The first-order chi connectivity index (χ1) is 7.25. The Morgan fingerprint density at radius 2 is 2.13 bits per heavy atom. The fourth-order valence-electron chi connectivity index (χ4n) is 1.46. The largest absolute Gasteiger partial charge is 0.397 e. The van der Waals surface area contributed by atoms with Gasteiger partial charge < -0.3 is 5.73 Å². The van der Waals surface area contributed by atoms with Crippen molar-refractivity contribution < 1.29 is 0 Å². The SMILES string of the molecule is Nc1cnccc1Cc1cccc(Cl)c1. The predicted octanol–water partition coefficient (Wildman–Crippen LogP) is 2.91. The summed E-state index contributed by atoms with van der Waals surface area (Å²) in [6, 6.07) is 9.71. The lowest BCUT2D eigenvalue weighted by Gasteiger charge is -2.04. The smallest absolute Gasteiger partial charge is 0.0536 e. The Kier molecular flexibility index (Phi) is 2.88. The van der Waals surface area contributed by atoms with Gasteiger partial charge in [0.15, 0.2) is 0 Å². The average Bonchev–Trinajstić information content (AvgIpc) is 2.22. The number of benzene rings is 1. The number of rotatable bonds is 2. The molecule has 0 saturated heterocycles. The average molecular weight is 219 g/mol. The number of hydrogen-bond donors (Lipinski definition) is 1. The molecule has 1 aromatic carbocycles. The van der Waals surface area contributed by atoms with Crippen LogP contribution in [-0.4, -0.2) is 4.98 Å². The van der Waals surface area contributed by atoms with Gasteiger partial charge in [0.2, 0.25) is 0 Å². The number of aromatic nitrogens is 1. The van der Waals surface area contributed by atoms with Crippen LogP contribution >= 0.6 is 11.6 Å². The van der Waals surface area contributed by atoms with Gasteiger partial charge in [-0.2, -0.15) is 0 Å². The molecule has 2 aromatic rings. The van der Waals surface area contributed by atoms with Crippen LogP contribution in [0.15, 0.2) is 42.7 Å². The summed E-state index contributed by atoms with van der Waals surface area (Å²) in [5.41, 5.74) is 8.76. The predicted molar refractivity (Wildman–Crippen MR) is 62.9 cm³/mol. The minimum Gasteiger partial charge on any atom is -0.397 e. The van der Waals surface area contributed by atoms with E-state index in [0.29, 0.717) is 0 Å². The zero-order valence-electron chi connectivity index (χ0n) is 8.15. The van der Waals surface area contributed by atoms with Gasteiger partial charge in [0.05, 0.1) is 11.9 Å². The minimum atomic E-state index is 0.720. The highest BCUT2D eigenvalue weighted by molar-refractivity contribution is 6.30. The van der Waals surface area contributed by atoms with Crippen LogP contribution in [-0.2, 0) is 6.42 Å². The van der Waals surface area contributed by atoms with Gasteiger partial charge in [0.1, 0.15) is 0 Å². The maximum absolute atomic E-state index is 5.91. The molecule has 2 nitrogen and oxygen atoms in total. The van der Waals surface area contributed by atoms with Gasteiger partial charge in [-0.1, -0.05) is 23.7 Å². The van der Waals surface area contributed by atoms with E-state index in [2.05, 4.69) is 4.98 Å². The number of nitrogens with two attached hydrogens (primary N) is 1. The molecule has 0 aliphatic heterocycles. The highest BCUT2D eigenvalue weighted by atomic mass is 35.5. The number of anilines is 1. The number of hydrogen-bond acceptors (Lipinski definition) is 2. The van der Waals surface area contributed by atoms with Gasteiger partial charge in [-0.25, -0.2) is 0 Å². The van der Waals surface area contributed by atoms with Gasteiger partial charge in [0.25, 0.3) is 0 Å². The molecule has 15 heavy (non-hydrogen) atoms. The van der Waals surface area contributed by atoms with Crippen LogP contribution < -0.4 is 5.73 Å². The normalized spacial score (nSPS) is 10.2.